The van der Waals surface area contributed by atoms with Gasteiger partial charge >= 0.3 is 0 Å². The van der Waals surface area contributed by atoms with Crippen molar-refractivity contribution in [2.45, 2.75) is 25.8 Å². The number of furan rings is 1. The van der Waals surface area contributed by atoms with Crippen LogP contribution in [0.1, 0.15) is 19.4 Å². The minimum atomic E-state index is -0.216. The Kier molecular flexibility index (Phi) is 2.04. The zero-order valence-corrected chi connectivity index (χ0v) is 8.45. The molecule has 0 aliphatic rings. The summed E-state index contributed by atoms with van der Waals surface area (Å²) in [4.78, 5) is 4.07. The van der Waals surface area contributed by atoms with E-state index in [0.717, 1.165) is 23.0 Å². The average Bonchev–Trinajstić information content (AvgIpc) is 2.47. The van der Waals surface area contributed by atoms with Gasteiger partial charge in [-0.1, -0.05) is 0 Å². The fourth-order valence-corrected chi connectivity index (χ4v) is 1.55. The number of nitrogens with two attached hydrogens (primary N) is 1. The number of aromatic nitrogens is 1. The molecule has 0 aromatic carbocycles. The third-order valence-electron chi connectivity index (χ3n) is 2.10. The molecule has 0 saturated heterocycles. The van der Waals surface area contributed by atoms with Crippen molar-refractivity contribution in [2.24, 2.45) is 5.73 Å². The molecule has 0 radical (unpaired) electrons. The molecule has 2 N–H and O–H groups in total. The van der Waals surface area contributed by atoms with Gasteiger partial charge < -0.3 is 10.2 Å². The molecule has 0 saturated carbocycles. The van der Waals surface area contributed by atoms with Gasteiger partial charge in [0.15, 0.2) is 0 Å². The summed E-state index contributed by atoms with van der Waals surface area (Å²) in [6, 6.07) is 1.86. The molecule has 0 atom stereocenters. The topological polar surface area (TPSA) is 52.0 Å². The highest BCUT2D eigenvalue weighted by Crippen LogP contribution is 2.22. The van der Waals surface area contributed by atoms with Gasteiger partial charge in [0.2, 0.25) is 0 Å². The second kappa shape index (κ2) is 3.10. The summed E-state index contributed by atoms with van der Waals surface area (Å²) in [5.41, 5.74) is 7.74. The Morgan fingerprint density at radius 1 is 1.50 bits per heavy atom. The van der Waals surface area contributed by atoms with Crippen LogP contribution in [0.3, 0.4) is 0 Å². The first-order valence-corrected chi connectivity index (χ1v) is 4.65. The van der Waals surface area contributed by atoms with Crippen molar-refractivity contribution < 1.29 is 4.42 Å². The Morgan fingerprint density at radius 3 is 3.00 bits per heavy atom. The van der Waals surface area contributed by atoms with Crippen molar-refractivity contribution in [3.05, 3.63) is 30.3 Å². The van der Waals surface area contributed by atoms with E-state index in [4.69, 9.17) is 10.2 Å². The Bertz CT molecular complexity index is 440. The van der Waals surface area contributed by atoms with Gasteiger partial charge in [-0.3, -0.25) is 4.98 Å². The van der Waals surface area contributed by atoms with Crippen LogP contribution >= 0.6 is 0 Å². The highest BCUT2D eigenvalue weighted by Gasteiger charge is 2.15. The molecule has 0 aliphatic heterocycles. The van der Waals surface area contributed by atoms with E-state index in [0.29, 0.717) is 0 Å². The van der Waals surface area contributed by atoms with Crippen LogP contribution in [-0.2, 0) is 6.42 Å². The molecule has 0 amide bonds. The van der Waals surface area contributed by atoms with Crippen molar-refractivity contribution in [3.8, 4) is 0 Å². The van der Waals surface area contributed by atoms with E-state index in [1.165, 1.54) is 0 Å². The number of nitrogens with zero attached hydrogens (tertiary/aromatic N) is 1. The molecule has 0 fully saturated rings. The molecule has 0 aliphatic carbocycles. The molecule has 0 unspecified atom stereocenters. The molecule has 74 valence electrons. The molecule has 0 bridgehead atoms. The van der Waals surface area contributed by atoms with Crippen LogP contribution in [-0.4, -0.2) is 10.5 Å². The van der Waals surface area contributed by atoms with E-state index in [2.05, 4.69) is 4.98 Å². The Labute approximate surface area is 82.9 Å². The molecule has 2 aromatic rings. The summed E-state index contributed by atoms with van der Waals surface area (Å²) in [7, 11) is 0. The first-order chi connectivity index (χ1) is 6.56. The molecule has 2 rings (SSSR count). The second-order valence-corrected chi connectivity index (χ2v) is 4.30. The number of fused-ring (bicyclic) bond motifs is 1. The fourth-order valence-electron chi connectivity index (χ4n) is 1.55. The number of hydrogen-bond donors (Lipinski definition) is 1. The van der Waals surface area contributed by atoms with Crippen LogP contribution in [0.4, 0.5) is 0 Å². The van der Waals surface area contributed by atoms with Crippen molar-refractivity contribution in [1.82, 2.24) is 4.98 Å². The molecular weight excluding hydrogens is 176 g/mol. The summed E-state index contributed by atoms with van der Waals surface area (Å²) >= 11 is 0. The van der Waals surface area contributed by atoms with Gasteiger partial charge in [-0.05, 0) is 26.3 Å². The third kappa shape index (κ3) is 1.77. The Morgan fingerprint density at radius 2 is 2.29 bits per heavy atom. The van der Waals surface area contributed by atoms with E-state index in [1.807, 2.05) is 26.1 Å². The van der Waals surface area contributed by atoms with Crippen LogP contribution < -0.4 is 5.73 Å². The Balaban J connectivity index is 2.44. The summed E-state index contributed by atoms with van der Waals surface area (Å²) in [5, 5.41) is 1.06. The molecule has 2 heterocycles. The lowest BCUT2D eigenvalue weighted by atomic mass is 9.96. The van der Waals surface area contributed by atoms with Crippen LogP contribution in [0.2, 0.25) is 0 Å². The zero-order chi connectivity index (χ0) is 10.2. The average molecular weight is 190 g/mol. The van der Waals surface area contributed by atoms with E-state index < -0.39 is 0 Å². The normalized spacial score (nSPS) is 12.2. The van der Waals surface area contributed by atoms with Gasteiger partial charge in [0.05, 0.1) is 6.26 Å². The maximum atomic E-state index is 5.96. The molecule has 3 nitrogen and oxygen atoms in total. The van der Waals surface area contributed by atoms with Gasteiger partial charge in [0.1, 0.15) is 5.58 Å². The Hall–Kier alpha value is -1.35. The smallest absolute Gasteiger partial charge is 0.137 e. The van der Waals surface area contributed by atoms with Gasteiger partial charge in [-0.25, -0.2) is 0 Å². The third-order valence-corrected chi connectivity index (χ3v) is 2.10. The van der Waals surface area contributed by atoms with Gasteiger partial charge in [-0.2, -0.15) is 0 Å². The zero-order valence-electron chi connectivity index (χ0n) is 8.45. The van der Waals surface area contributed by atoms with E-state index in [1.54, 1.807) is 12.5 Å². The van der Waals surface area contributed by atoms with Gasteiger partial charge in [0.25, 0.3) is 0 Å². The van der Waals surface area contributed by atoms with E-state index in [9.17, 15) is 0 Å². The maximum Gasteiger partial charge on any atom is 0.137 e. The maximum absolute atomic E-state index is 5.96. The molecule has 2 aromatic heterocycles. The lowest BCUT2D eigenvalue weighted by Crippen LogP contribution is -2.34. The minimum Gasteiger partial charge on any atom is -0.464 e. The molecule has 14 heavy (non-hydrogen) atoms. The van der Waals surface area contributed by atoms with Crippen molar-refractivity contribution in [1.29, 1.82) is 0 Å². The summed E-state index contributed by atoms with van der Waals surface area (Å²) in [6.45, 7) is 4.00. The first kappa shape index (κ1) is 9.21. The first-order valence-electron chi connectivity index (χ1n) is 4.65. The minimum absolute atomic E-state index is 0.216. The monoisotopic (exact) mass is 190 g/mol. The molecule has 3 heteroatoms. The standard InChI is InChI=1S/C11H14N2O/c1-11(2,12)5-8-7-14-10-3-4-13-6-9(8)10/h3-4,6-7H,5,12H2,1-2H3. The summed E-state index contributed by atoms with van der Waals surface area (Å²) in [5.74, 6) is 0. The van der Waals surface area contributed by atoms with Crippen LogP contribution in [0.25, 0.3) is 11.0 Å². The predicted octanol–water partition coefficient (Wildman–Crippen LogP) is 2.11. The lowest BCUT2D eigenvalue weighted by molar-refractivity contribution is 0.511. The quantitative estimate of drug-likeness (QED) is 0.789. The number of rotatable bonds is 2. The fraction of sp³-hybridized carbons (Fsp3) is 0.364. The molecular formula is C11H14N2O. The van der Waals surface area contributed by atoms with E-state index in [-0.39, 0.29) is 5.54 Å². The number of pyridine rings is 1. The van der Waals surface area contributed by atoms with Crippen LogP contribution in [0.15, 0.2) is 29.1 Å². The van der Waals surface area contributed by atoms with Crippen molar-refractivity contribution in [2.75, 3.05) is 0 Å². The highest BCUT2D eigenvalue weighted by atomic mass is 16.3. The predicted molar refractivity (Wildman–Crippen MR) is 56.0 cm³/mol. The van der Waals surface area contributed by atoms with Crippen LogP contribution in [0.5, 0.6) is 0 Å². The number of hydrogen-bond acceptors (Lipinski definition) is 3. The second-order valence-electron chi connectivity index (χ2n) is 4.30. The van der Waals surface area contributed by atoms with Crippen LogP contribution in [0, 0.1) is 0 Å². The van der Waals surface area contributed by atoms with E-state index >= 15 is 0 Å². The van der Waals surface area contributed by atoms with Crippen molar-refractivity contribution in [3.63, 3.8) is 0 Å². The lowest BCUT2D eigenvalue weighted by Gasteiger charge is -2.16. The van der Waals surface area contributed by atoms with Crippen molar-refractivity contribution >= 4 is 11.0 Å². The van der Waals surface area contributed by atoms with Gasteiger partial charge in [0, 0.05) is 28.9 Å². The van der Waals surface area contributed by atoms with Gasteiger partial charge in [-0.15, -0.1) is 0 Å². The highest BCUT2D eigenvalue weighted by molar-refractivity contribution is 5.79. The summed E-state index contributed by atoms with van der Waals surface area (Å²) in [6.07, 6.45) is 6.11. The SMILES string of the molecule is CC(C)(N)Cc1coc2ccncc12. The largest absolute Gasteiger partial charge is 0.464 e. The molecule has 0 spiro atoms. The summed E-state index contributed by atoms with van der Waals surface area (Å²) < 4.78 is 5.40.